The van der Waals surface area contributed by atoms with Crippen molar-refractivity contribution in [3.8, 4) is 0 Å². The van der Waals surface area contributed by atoms with Gasteiger partial charge in [-0.05, 0) is 31.4 Å². The molecule has 0 aliphatic heterocycles. The number of nitrogens with zero attached hydrogens (tertiary/aromatic N) is 1. The van der Waals surface area contributed by atoms with Crippen LogP contribution in [0.5, 0.6) is 0 Å². The molecule has 1 aliphatic rings. The van der Waals surface area contributed by atoms with E-state index in [9.17, 15) is 4.79 Å². The molecule has 1 aromatic rings. The molecule has 1 saturated carbocycles. The summed E-state index contributed by atoms with van der Waals surface area (Å²) < 4.78 is 0. The van der Waals surface area contributed by atoms with Crippen molar-refractivity contribution in [3.05, 3.63) is 23.4 Å². The van der Waals surface area contributed by atoms with Gasteiger partial charge in [-0.1, -0.05) is 0 Å². The molecule has 0 saturated heterocycles. The highest BCUT2D eigenvalue weighted by Crippen LogP contribution is 2.24. The molecular weight excluding hydrogens is 164 g/mol. The van der Waals surface area contributed by atoms with E-state index in [2.05, 4.69) is 10.3 Å². The monoisotopic (exact) mass is 176 g/mol. The molecule has 2 rings (SSSR count). The van der Waals surface area contributed by atoms with Crippen LogP contribution in [0.4, 0.5) is 5.82 Å². The number of carbonyl (C=O) groups excluding carboxylic acids is 1. The summed E-state index contributed by atoms with van der Waals surface area (Å²) in [6, 6.07) is 2.52. The van der Waals surface area contributed by atoms with Gasteiger partial charge < -0.3 is 5.32 Å². The van der Waals surface area contributed by atoms with Gasteiger partial charge in [0.2, 0.25) is 0 Å². The van der Waals surface area contributed by atoms with Gasteiger partial charge in [-0.25, -0.2) is 4.98 Å². The number of aryl methyl sites for hydroxylation is 1. The zero-order chi connectivity index (χ0) is 9.26. The molecular formula is C10H12N2O. The lowest BCUT2D eigenvalue weighted by Crippen LogP contribution is -2.03. The summed E-state index contributed by atoms with van der Waals surface area (Å²) in [6.45, 7) is 1.92. The molecule has 68 valence electrons. The molecule has 3 nitrogen and oxygen atoms in total. The number of hydrogen-bond donors (Lipinski definition) is 1. The summed E-state index contributed by atoms with van der Waals surface area (Å²) in [7, 11) is 0. The maximum Gasteiger partial charge on any atom is 0.151 e. The Kier molecular flexibility index (Phi) is 2.00. The summed E-state index contributed by atoms with van der Waals surface area (Å²) >= 11 is 0. The Morgan fingerprint density at radius 3 is 2.92 bits per heavy atom. The molecule has 1 fully saturated rings. The number of aromatic nitrogens is 1. The fraction of sp³-hybridized carbons (Fsp3) is 0.400. The summed E-state index contributed by atoms with van der Waals surface area (Å²) in [6.07, 6.45) is 4.92. The third-order valence-electron chi connectivity index (χ3n) is 2.21. The Morgan fingerprint density at radius 1 is 1.62 bits per heavy atom. The van der Waals surface area contributed by atoms with Crippen LogP contribution in [0.1, 0.15) is 28.8 Å². The van der Waals surface area contributed by atoms with E-state index < -0.39 is 0 Å². The molecule has 1 N–H and O–H groups in total. The predicted octanol–water partition coefficient (Wildman–Crippen LogP) is 1.78. The number of pyridine rings is 1. The van der Waals surface area contributed by atoms with Gasteiger partial charge in [0.15, 0.2) is 6.29 Å². The first kappa shape index (κ1) is 8.23. The van der Waals surface area contributed by atoms with Crippen LogP contribution in [-0.4, -0.2) is 17.3 Å². The van der Waals surface area contributed by atoms with Crippen molar-refractivity contribution in [2.24, 2.45) is 0 Å². The highest BCUT2D eigenvalue weighted by Gasteiger charge is 2.21. The van der Waals surface area contributed by atoms with Gasteiger partial charge in [0.1, 0.15) is 5.82 Å². The molecule has 0 radical (unpaired) electrons. The van der Waals surface area contributed by atoms with Crippen molar-refractivity contribution in [1.29, 1.82) is 0 Å². The van der Waals surface area contributed by atoms with E-state index in [1.807, 2.05) is 13.0 Å². The van der Waals surface area contributed by atoms with Gasteiger partial charge in [0, 0.05) is 17.8 Å². The second kappa shape index (κ2) is 3.17. The second-order valence-corrected chi connectivity index (χ2v) is 3.46. The van der Waals surface area contributed by atoms with Crippen LogP contribution in [-0.2, 0) is 0 Å². The van der Waals surface area contributed by atoms with Gasteiger partial charge in [-0.2, -0.15) is 0 Å². The average molecular weight is 176 g/mol. The molecule has 13 heavy (non-hydrogen) atoms. The molecule has 0 amide bonds. The quantitative estimate of drug-likeness (QED) is 0.714. The van der Waals surface area contributed by atoms with E-state index >= 15 is 0 Å². The third kappa shape index (κ3) is 1.86. The summed E-state index contributed by atoms with van der Waals surface area (Å²) in [5.74, 6) is 0.880. The Labute approximate surface area is 77.2 Å². The first-order valence-electron chi connectivity index (χ1n) is 4.48. The standard InChI is InChI=1S/C10H12N2O/c1-7-4-10(12-9-2-3-9)11-5-8(7)6-13/h4-6,9H,2-3H2,1H3,(H,11,12). The van der Waals surface area contributed by atoms with Gasteiger partial charge in [-0.3, -0.25) is 4.79 Å². The lowest BCUT2D eigenvalue weighted by molar-refractivity contribution is 0.112. The predicted molar refractivity (Wildman–Crippen MR) is 51.0 cm³/mol. The number of nitrogens with one attached hydrogen (secondary N) is 1. The molecule has 0 unspecified atom stereocenters. The van der Waals surface area contributed by atoms with E-state index in [4.69, 9.17) is 0 Å². The van der Waals surface area contributed by atoms with Crippen LogP contribution in [0.2, 0.25) is 0 Å². The van der Waals surface area contributed by atoms with Crippen LogP contribution < -0.4 is 5.32 Å². The van der Waals surface area contributed by atoms with Crippen LogP contribution in [0.15, 0.2) is 12.3 Å². The summed E-state index contributed by atoms with van der Waals surface area (Å²) in [4.78, 5) is 14.7. The molecule has 0 atom stereocenters. The van der Waals surface area contributed by atoms with Crippen LogP contribution in [0, 0.1) is 6.92 Å². The maximum absolute atomic E-state index is 10.5. The van der Waals surface area contributed by atoms with Crippen molar-refractivity contribution >= 4 is 12.1 Å². The number of hydrogen-bond acceptors (Lipinski definition) is 3. The number of anilines is 1. The summed E-state index contributed by atoms with van der Waals surface area (Å²) in [5.41, 5.74) is 1.65. The van der Waals surface area contributed by atoms with Gasteiger partial charge >= 0.3 is 0 Å². The smallest absolute Gasteiger partial charge is 0.151 e. The number of rotatable bonds is 3. The second-order valence-electron chi connectivity index (χ2n) is 3.46. The van der Waals surface area contributed by atoms with Crippen molar-refractivity contribution in [2.45, 2.75) is 25.8 Å². The average Bonchev–Trinajstić information content (AvgIpc) is 2.89. The van der Waals surface area contributed by atoms with Crippen molar-refractivity contribution in [1.82, 2.24) is 4.98 Å². The van der Waals surface area contributed by atoms with Crippen LogP contribution in [0.3, 0.4) is 0 Å². The van der Waals surface area contributed by atoms with Gasteiger partial charge in [-0.15, -0.1) is 0 Å². The highest BCUT2D eigenvalue weighted by atomic mass is 16.1. The zero-order valence-corrected chi connectivity index (χ0v) is 7.58. The zero-order valence-electron chi connectivity index (χ0n) is 7.58. The molecule has 1 aromatic heterocycles. The van der Waals surface area contributed by atoms with E-state index in [1.54, 1.807) is 6.20 Å². The molecule has 1 heterocycles. The summed E-state index contributed by atoms with van der Waals surface area (Å²) in [5, 5.41) is 3.28. The largest absolute Gasteiger partial charge is 0.367 e. The van der Waals surface area contributed by atoms with Crippen molar-refractivity contribution < 1.29 is 4.79 Å². The lowest BCUT2D eigenvalue weighted by atomic mass is 10.2. The normalized spacial score (nSPS) is 15.5. The topological polar surface area (TPSA) is 42.0 Å². The minimum Gasteiger partial charge on any atom is -0.367 e. The van der Waals surface area contributed by atoms with Crippen LogP contribution in [0.25, 0.3) is 0 Å². The van der Waals surface area contributed by atoms with E-state index in [1.165, 1.54) is 12.8 Å². The first-order valence-corrected chi connectivity index (χ1v) is 4.48. The Hall–Kier alpha value is -1.38. The number of carbonyl (C=O) groups is 1. The van der Waals surface area contributed by atoms with E-state index in [0.717, 1.165) is 17.7 Å². The molecule has 0 bridgehead atoms. The Bertz CT molecular complexity index is 332. The SMILES string of the molecule is Cc1cc(NC2CC2)ncc1C=O. The Balaban J connectivity index is 2.18. The first-order chi connectivity index (χ1) is 6.29. The minimum atomic E-state index is 0.606. The van der Waals surface area contributed by atoms with Crippen molar-refractivity contribution in [3.63, 3.8) is 0 Å². The lowest BCUT2D eigenvalue weighted by Gasteiger charge is -2.04. The third-order valence-corrected chi connectivity index (χ3v) is 2.21. The molecule has 0 aromatic carbocycles. The maximum atomic E-state index is 10.5. The molecule has 1 aliphatic carbocycles. The number of aldehydes is 1. The molecule has 0 spiro atoms. The fourth-order valence-corrected chi connectivity index (χ4v) is 1.21. The van der Waals surface area contributed by atoms with Gasteiger partial charge in [0.25, 0.3) is 0 Å². The Morgan fingerprint density at radius 2 is 2.38 bits per heavy atom. The van der Waals surface area contributed by atoms with Gasteiger partial charge in [0.05, 0.1) is 0 Å². The fourth-order valence-electron chi connectivity index (χ4n) is 1.21. The van der Waals surface area contributed by atoms with Crippen LogP contribution >= 0.6 is 0 Å². The minimum absolute atomic E-state index is 0.606. The highest BCUT2D eigenvalue weighted by molar-refractivity contribution is 5.77. The van der Waals surface area contributed by atoms with E-state index in [0.29, 0.717) is 11.6 Å². The molecule has 3 heteroatoms. The van der Waals surface area contributed by atoms with Crippen molar-refractivity contribution in [2.75, 3.05) is 5.32 Å². The van der Waals surface area contributed by atoms with E-state index in [-0.39, 0.29) is 0 Å².